The summed E-state index contributed by atoms with van der Waals surface area (Å²) in [5.41, 5.74) is 0. The first-order valence-corrected chi connectivity index (χ1v) is 9.51. The molecule has 3 rings (SSSR count). The highest BCUT2D eigenvalue weighted by molar-refractivity contribution is 7.89. The van der Waals surface area contributed by atoms with Crippen LogP contribution in [0.25, 0.3) is 0 Å². The summed E-state index contributed by atoms with van der Waals surface area (Å²) in [5, 5.41) is 3.46. The molecule has 1 N–H and O–H groups in total. The Morgan fingerprint density at radius 3 is 2.70 bits per heavy atom. The number of nitrogens with zero attached hydrogens (tertiary/aromatic N) is 1. The Morgan fingerprint density at radius 2 is 2.00 bits per heavy atom. The Kier molecular flexibility index (Phi) is 6.31. The fraction of sp³-hybridized carbons (Fsp3) is 0.625. The first-order valence-electron chi connectivity index (χ1n) is 8.07. The predicted molar refractivity (Wildman–Crippen MR) is 92.7 cm³/mol. The van der Waals surface area contributed by atoms with Crippen LogP contribution < -0.4 is 10.1 Å². The lowest BCUT2D eigenvalue weighted by atomic mass is 9.95. The molecule has 5 nitrogen and oxygen atoms in total. The van der Waals surface area contributed by atoms with Crippen molar-refractivity contribution in [3.8, 4) is 5.75 Å². The van der Waals surface area contributed by atoms with Gasteiger partial charge in [0.1, 0.15) is 5.75 Å². The highest BCUT2D eigenvalue weighted by Gasteiger charge is 2.37. The molecule has 1 aromatic carbocycles. The summed E-state index contributed by atoms with van der Waals surface area (Å²) in [7, 11) is -3.39. The van der Waals surface area contributed by atoms with Crippen molar-refractivity contribution in [1.29, 1.82) is 0 Å². The van der Waals surface area contributed by atoms with Gasteiger partial charge in [-0.1, -0.05) is 6.92 Å². The van der Waals surface area contributed by atoms with E-state index in [1.807, 2.05) is 6.92 Å². The summed E-state index contributed by atoms with van der Waals surface area (Å²) >= 11 is 0. The van der Waals surface area contributed by atoms with Gasteiger partial charge in [-0.05, 0) is 56.0 Å². The maximum atomic E-state index is 12.8. The number of nitrogens with one attached hydrogen (secondary N) is 1. The number of rotatable bonds is 5. The van der Waals surface area contributed by atoms with Crippen molar-refractivity contribution in [2.75, 3.05) is 26.2 Å². The maximum absolute atomic E-state index is 12.8. The second kappa shape index (κ2) is 7.83. The minimum absolute atomic E-state index is 0. The third kappa shape index (κ3) is 3.99. The molecule has 2 fully saturated rings. The largest absolute Gasteiger partial charge is 0.494 e. The Balaban J connectivity index is 0.00000192. The summed E-state index contributed by atoms with van der Waals surface area (Å²) in [4.78, 5) is 0.362. The monoisotopic (exact) mass is 360 g/mol. The van der Waals surface area contributed by atoms with E-state index in [-0.39, 0.29) is 12.4 Å². The number of hydrogen-bond acceptors (Lipinski definition) is 4. The summed E-state index contributed by atoms with van der Waals surface area (Å²) in [6.45, 7) is 4.93. The minimum Gasteiger partial charge on any atom is -0.494 e. The molecule has 0 radical (unpaired) electrons. The van der Waals surface area contributed by atoms with E-state index in [2.05, 4.69) is 5.32 Å². The number of benzene rings is 1. The smallest absolute Gasteiger partial charge is 0.243 e. The number of piperidine rings is 1. The summed E-state index contributed by atoms with van der Waals surface area (Å²) in [6.07, 6.45) is 2.91. The third-order valence-electron chi connectivity index (χ3n) is 4.55. The van der Waals surface area contributed by atoms with Crippen LogP contribution in [0.1, 0.15) is 26.2 Å². The molecule has 2 saturated heterocycles. The van der Waals surface area contributed by atoms with E-state index in [1.165, 1.54) is 0 Å². The molecule has 0 saturated carbocycles. The summed E-state index contributed by atoms with van der Waals surface area (Å²) < 4.78 is 32.7. The Bertz CT molecular complexity index is 606. The zero-order valence-corrected chi connectivity index (χ0v) is 15.0. The molecule has 0 bridgehead atoms. The van der Waals surface area contributed by atoms with Gasteiger partial charge in [0.2, 0.25) is 10.0 Å². The van der Waals surface area contributed by atoms with E-state index >= 15 is 0 Å². The highest BCUT2D eigenvalue weighted by atomic mass is 35.5. The van der Waals surface area contributed by atoms with Gasteiger partial charge in [0, 0.05) is 19.1 Å². The lowest BCUT2D eigenvalue weighted by Crippen LogP contribution is -2.46. The Labute approximate surface area is 144 Å². The molecular formula is C16H25ClN2O3S. The fourth-order valence-corrected chi connectivity index (χ4v) is 4.82. The number of halogens is 1. The van der Waals surface area contributed by atoms with E-state index in [4.69, 9.17) is 4.74 Å². The quantitative estimate of drug-likeness (QED) is 0.875. The van der Waals surface area contributed by atoms with Gasteiger partial charge < -0.3 is 10.1 Å². The Hall–Kier alpha value is -0.820. The number of hydrogen-bond donors (Lipinski definition) is 1. The van der Waals surface area contributed by atoms with Crippen molar-refractivity contribution in [2.45, 2.75) is 37.1 Å². The first-order chi connectivity index (χ1) is 10.6. The van der Waals surface area contributed by atoms with Crippen LogP contribution in [0.2, 0.25) is 0 Å². The molecule has 2 aliphatic rings. The van der Waals surface area contributed by atoms with Crippen LogP contribution in [-0.4, -0.2) is 45.0 Å². The van der Waals surface area contributed by atoms with Crippen molar-refractivity contribution < 1.29 is 13.2 Å². The number of sulfonamides is 1. The minimum atomic E-state index is -3.39. The van der Waals surface area contributed by atoms with Crippen LogP contribution >= 0.6 is 12.4 Å². The molecule has 23 heavy (non-hydrogen) atoms. The van der Waals surface area contributed by atoms with Gasteiger partial charge in [-0.2, -0.15) is 4.31 Å². The second-order valence-corrected chi connectivity index (χ2v) is 8.02. The van der Waals surface area contributed by atoms with Crippen LogP contribution in [0, 0.1) is 5.92 Å². The zero-order chi connectivity index (χ0) is 15.6. The molecule has 0 aromatic heterocycles. The molecule has 130 valence electrons. The molecule has 0 amide bonds. The van der Waals surface area contributed by atoms with Crippen LogP contribution in [0.4, 0.5) is 0 Å². The lowest BCUT2D eigenvalue weighted by Gasteiger charge is -2.34. The van der Waals surface area contributed by atoms with Crippen LogP contribution in [0.3, 0.4) is 0 Å². The van der Waals surface area contributed by atoms with Crippen LogP contribution in [0.15, 0.2) is 29.2 Å². The lowest BCUT2D eigenvalue weighted by molar-refractivity contribution is 0.247. The maximum Gasteiger partial charge on any atom is 0.243 e. The molecule has 2 heterocycles. The summed E-state index contributed by atoms with van der Waals surface area (Å²) in [5.74, 6) is 1.18. The van der Waals surface area contributed by atoms with Gasteiger partial charge in [-0.15, -0.1) is 12.4 Å². The standard InChI is InChI=1S/C16H24N2O3S.ClH/c1-2-11-21-14-3-5-15(6-4-14)22(19,20)18-10-8-16-13(12-18)7-9-17-16;/h3-6,13,16-17H,2,7-12H2,1H3;1H. The van der Waals surface area contributed by atoms with Crippen molar-refractivity contribution >= 4 is 22.4 Å². The molecule has 0 spiro atoms. The number of ether oxygens (including phenoxy) is 1. The molecular weight excluding hydrogens is 336 g/mol. The van der Waals surface area contributed by atoms with Gasteiger partial charge in [-0.3, -0.25) is 0 Å². The van der Waals surface area contributed by atoms with E-state index < -0.39 is 10.0 Å². The van der Waals surface area contributed by atoms with Crippen molar-refractivity contribution in [3.63, 3.8) is 0 Å². The molecule has 7 heteroatoms. The molecule has 2 aliphatic heterocycles. The zero-order valence-electron chi connectivity index (χ0n) is 13.4. The normalized spacial score (nSPS) is 24.7. The van der Waals surface area contributed by atoms with Crippen molar-refractivity contribution in [1.82, 2.24) is 9.62 Å². The topological polar surface area (TPSA) is 58.6 Å². The fourth-order valence-electron chi connectivity index (χ4n) is 3.31. The Morgan fingerprint density at radius 1 is 1.26 bits per heavy atom. The van der Waals surface area contributed by atoms with E-state index in [0.29, 0.717) is 36.6 Å². The van der Waals surface area contributed by atoms with Crippen molar-refractivity contribution in [3.05, 3.63) is 24.3 Å². The van der Waals surface area contributed by atoms with Gasteiger partial charge in [0.25, 0.3) is 0 Å². The van der Waals surface area contributed by atoms with E-state index in [0.717, 1.165) is 31.6 Å². The third-order valence-corrected chi connectivity index (χ3v) is 6.43. The van der Waals surface area contributed by atoms with Gasteiger partial charge >= 0.3 is 0 Å². The SMILES string of the molecule is CCCOc1ccc(S(=O)(=O)N2CCC3NCCC3C2)cc1.Cl. The van der Waals surface area contributed by atoms with Gasteiger partial charge in [0.15, 0.2) is 0 Å². The molecule has 1 aromatic rings. The van der Waals surface area contributed by atoms with Crippen LogP contribution in [-0.2, 0) is 10.0 Å². The predicted octanol–water partition coefficient (Wildman–Crippen LogP) is 2.27. The molecule has 2 unspecified atom stereocenters. The first kappa shape index (κ1) is 18.5. The number of fused-ring (bicyclic) bond motifs is 1. The molecule has 0 aliphatic carbocycles. The highest BCUT2D eigenvalue weighted by Crippen LogP contribution is 2.29. The molecule has 2 atom stereocenters. The van der Waals surface area contributed by atoms with Crippen LogP contribution in [0.5, 0.6) is 5.75 Å². The van der Waals surface area contributed by atoms with Gasteiger partial charge in [0.05, 0.1) is 11.5 Å². The van der Waals surface area contributed by atoms with E-state index in [1.54, 1.807) is 28.6 Å². The average Bonchev–Trinajstić information content (AvgIpc) is 3.01. The second-order valence-electron chi connectivity index (χ2n) is 6.08. The summed E-state index contributed by atoms with van der Waals surface area (Å²) in [6, 6.07) is 7.29. The average molecular weight is 361 g/mol. The van der Waals surface area contributed by atoms with Crippen molar-refractivity contribution in [2.24, 2.45) is 5.92 Å². The van der Waals surface area contributed by atoms with E-state index in [9.17, 15) is 8.42 Å². The van der Waals surface area contributed by atoms with Gasteiger partial charge in [-0.25, -0.2) is 8.42 Å².